The molecule has 0 radical (unpaired) electrons. The lowest BCUT2D eigenvalue weighted by Crippen LogP contribution is -2.34. The predicted octanol–water partition coefficient (Wildman–Crippen LogP) is 5.95. The summed E-state index contributed by atoms with van der Waals surface area (Å²) in [6, 6.07) is 14.3. The molecule has 24 heavy (non-hydrogen) atoms. The highest BCUT2D eigenvalue weighted by atomic mass is 79.9. The Bertz CT molecular complexity index is 692. The molecule has 0 aliphatic carbocycles. The largest absolute Gasteiger partial charge is 0.487 e. The van der Waals surface area contributed by atoms with E-state index in [0.717, 1.165) is 43.9 Å². The van der Waals surface area contributed by atoms with E-state index in [0.29, 0.717) is 6.61 Å². The van der Waals surface area contributed by atoms with E-state index < -0.39 is 0 Å². The summed E-state index contributed by atoms with van der Waals surface area (Å²) in [6.07, 6.45) is 3.75. The second-order valence-corrected chi connectivity index (χ2v) is 7.99. The Labute approximate surface area is 165 Å². The smallest absolute Gasteiger partial charge is 0.148 e. The molecule has 3 rings (SSSR count). The summed E-state index contributed by atoms with van der Waals surface area (Å²) in [6.45, 7) is 2.65. The maximum absolute atomic E-state index is 5.98. The van der Waals surface area contributed by atoms with Gasteiger partial charge in [-0.05, 0) is 68.8 Å². The first-order valence-electron chi connectivity index (χ1n) is 8.10. The van der Waals surface area contributed by atoms with Crippen LogP contribution in [0.5, 0.6) is 5.75 Å². The van der Waals surface area contributed by atoms with E-state index in [-0.39, 0.29) is 0 Å². The van der Waals surface area contributed by atoms with Gasteiger partial charge in [0.1, 0.15) is 17.3 Å². The molecule has 0 N–H and O–H groups in total. The van der Waals surface area contributed by atoms with Crippen molar-refractivity contribution < 1.29 is 4.74 Å². The average molecular weight is 469 g/mol. The zero-order valence-electron chi connectivity index (χ0n) is 13.3. The molecule has 0 bridgehead atoms. The predicted molar refractivity (Wildman–Crippen MR) is 110 cm³/mol. The molecule has 0 saturated carbocycles. The van der Waals surface area contributed by atoms with Crippen molar-refractivity contribution in [3.63, 3.8) is 0 Å². The van der Waals surface area contributed by atoms with Gasteiger partial charge in [0, 0.05) is 18.7 Å². The summed E-state index contributed by atoms with van der Waals surface area (Å²) in [5, 5.41) is 0. The van der Waals surface area contributed by atoms with Crippen molar-refractivity contribution in [2.75, 3.05) is 13.1 Å². The lowest BCUT2D eigenvalue weighted by atomic mass is 10.1. The van der Waals surface area contributed by atoms with Gasteiger partial charge >= 0.3 is 0 Å². The van der Waals surface area contributed by atoms with Gasteiger partial charge in [0.2, 0.25) is 0 Å². The van der Waals surface area contributed by atoms with E-state index in [1.54, 1.807) is 0 Å². The number of halogens is 2. The Morgan fingerprint density at radius 3 is 2.25 bits per heavy atom. The zero-order chi connectivity index (χ0) is 16.9. The van der Waals surface area contributed by atoms with Crippen LogP contribution in [0.15, 0.2) is 51.4 Å². The number of piperidine rings is 1. The minimum atomic E-state index is 0.536. The summed E-state index contributed by atoms with van der Waals surface area (Å²) in [5.41, 5.74) is 2.20. The number of hydrogen-bond acceptors (Lipinski definition) is 2. The minimum absolute atomic E-state index is 0.536. The highest BCUT2D eigenvalue weighted by molar-refractivity contribution is 9.11. The molecule has 1 heterocycles. The Morgan fingerprint density at radius 2 is 1.62 bits per heavy atom. The van der Waals surface area contributed by atoms with Crippen molar-refractivity contribution in [2.24, 2.45) is 0 Å². The van der Waals surface area contributed by atoms with Crippen LogP contribution in [0.4, 0.5) is 0 Å². The molecular formula is C19H19Br2NOS. The Morgan fingerprint density at radius 1 is 1.00 bits per heavy atom. The fourth-order valence-electron chi connectivity index (χ4n) is 2.83. The SMILES string of the molecule is S=C(c1cc(Br)c(OCc2ccccc2)c(Br)c1)N1CCCCC1. The third-order valence-electron chi connectivity index (χ3n) is 4.11. The highest BCUT2D eigenvalue weighted by Crippen LogP contribution is 2.36. The first-order valence-corrected chi connectivity index (χ1v) is 10.1. The molecule has 5 heteroatoms. The van der Waals surface area contributed by atoms with E-state index in [1.807, 2.05) is 18.2 Å². The molecule has 0 spiro atoms. The quantitative estimate of drug-likeness (QED) is 0.514. The molecule has 126 valence electrons. The van der Waals surface area contributed by atoms with E-state index in [2.05, 4.69) is 61.0 Å². The number of nitrogens with zero attached hydrogens (tertiary/aromatic N) is 1. The molecule has 2 nitrogen and oxygen atoms in total. The van der Waals surface area contributed by atoms with E-state index >= 15 is 0 Å². The zero-order valence-corrected chi connectivity index (χ0v) is 17.3. The Balaban J connectivity index is 1.74. The third-order valence-corrected chi connectivity index (χ3v) is 5.79. The fourth-order valence-corrected chi connectivity index (χ4v) is 4.55. The van der Waals surface area contributed by atoms with Gasteiger partial charge in [-0.15, -0.1) is 0 Å². The molecule has 1 fully saturated rings. The van der Waals surface area contributed by atoms with Crippen molar-refractivity contribution in [1.29, 1.82) is 0 Å². The highest BCUT2D eigenvalue weighted by Gasteiger charge is 2.17. The molecule has 1 saturated heterocycles. The van der Waals surface area contributed by atoms with Gasteiger partial charge in [0.15, 0.2) is 0 Å². The second kappa shape index (κ2) is 8.45. The number of likely N-dealkylation sites (tertiary alicyclic amines) is 1. The number of thiocarbonyl (C=S) groups is 1. The Hall–Kier alpha value is -0.910. The second-order valence-electron chi connectivity index (χ2n) is 5.90. The first kappa shape index (κ1) is 17.9. The molecular weight excluding hydrogens is 450 g/mol. The standard InChI is InChI=1S/C19H19Br2NOS/c20-16-11-15(19(24)22-9-5-2-6-10-22)12-17(21)18(16)23-13-14-7-3-1-4-8-14/h1,3-4,7-8,11-12H,2,5-6,9-10,13H2. The number of ether oxygens (including phenoxy) is 1. The van der Waals surface area contributed by atoms with Crippen LogP contribution in [0.2, 0.25) is 0 Å². The normalized spacial score (nSPS) is 14.5. The number of rotatable bonds is 4. The number of hydrogen-bond donors (Lipinski definition) is 0. The molecule has 2 aromatic carbocycles. The maximum atomic E-state index is 5.98. The van der Waals surface area contributed by atoms with Crippen molar-refractivity contribution in [1.82, 2.24) is 4.90 Å². The van der Waals surface area contributed by atoms with Crippen molar-refractivity contribution in [3.8, 4) is 5.75 Å². The molecule has 0 unspecified atom stereocenters. The van der Waals surface area contributed by atoms with Gasteiger partial charge < -0.3 is 9.64 Å². The van der Waals surface area contributed by atoms with Crippen LogP contribution in [0.3, 0.4) is 0 Å². The van der Waals surface area contributed by atoms with Crippen molar-refractivity contribution in [2.45, 2.75) is 25.9 Å². The lowest BCUT2D eigenvalue weighted by Gasteiger charge is -2.29. The van der Waals surface area contributed by atoms with Gasteiger partial charge in [-0.1, -0.05) is 42.5 Å². The molecule has 1 aliphatic heterocycles. The van der Waals surface area contributed by atoms with Gasteiger partial charge in [-0.3, -0.25) is 0 Å². The van der Waals surface area contributed by atoms with Crippen LogP contribution in [-0.2, 0) is 6.61 Å². The van der Waals surface area contributed by atoms with Crippen LogP contribution in [-0.4, -0.2) is 23.0 Å². The van der Waals surface area contributed by atoms with Crippen LogP contribution in [0, 0.1) is 0 Å². The first-order chi connectivity index (χ1) is 11.6. The summed E-state index contributed by atoms with van der Waals surface area (Å²) in [4.78, 5) is 3.23. The van der Waals surface area contributed by atoms with Crippen LogP contribution < -0.4 is 4.74 Å². The van der Waals surface area contributed by atoms with Gasteiger partial charge in [-0.25, -0.2) is 0 Å². The Kier molecular flexibility index (Phi) is 6.31. The molecule has 0 atom stereocenters. The van der Waals surface area contributed by atoms with Crippen LogP contribution in [0.25, 0.3) is 0 Å². The average Bonchev–Trinajstić information content (AvgIpc) is 2.62. The topological polar surface area (TPSA) is 12.5 Å². The lowest BCUT2D eigenvalue weighted by molar-refractivity contribution is 0.302. The van der Waals surface area contributed by atoms with Gasteiger partial charge in [-0.2, -0.15) is 0 Å². The van der Waals surface area contributed by atoms with Gasteiger partial charge in [0.05, 0.1) is 8.95 Å². The fraction of sp³-hybridized carbons (Fsp3) is 0.316. The monoisotopic (exact) mass is 467 g/mol. The maximum Gasteiger partial charge on any atom is 0.148 e. The molecule has 0 amide bonds. The van der Waals surface area contributed by atoms with E-state index in [9.17, 15) is 0 Å². The summed E-state index contributed by atoms with van der Waals surface area (Å²) in [7, 11) is 0. The molecule has 0 aromatic heterocycles. The number of benzene rings is 2. The van der Waals surface area contributed by atoms with Crippen molar-refractivity contribution >= 4 is 49.1 Å². The van der Waals surface area contributed by atoms with Crippen LogP contribution in [0.1, 0.15) is 30.4 Å². The minimum Gasteiger partial charge on any atom is -0.487 e. The van der Waals surface area contributed by atoms with E-state index in [1.165, 1.54) is 19.3 Å². The summed E-state index contributed by atoms with van der Waals surface area (Å²) < 4.78 is 7.82. The van der Waals surface area contributed by atoms with Crippen molar-refractivity contribution in [3.05, 3.63) is 62.5 Å². The molecule has 1 aliphatic rings. The van der Waals surface area contributed by atoms with Crippen LogP contribution >= 0.6 is 44.1 Å². The third kappa shape index (κ3) is 4.38. The van der Waals surface area contributed by atoms with Gasteiger partial charge in [0.25, 0.3) is 0 Å². The molecule has 2 aromatic rings. The van der Waals surface area contributed by atoms with E-state index in [4.69, 9.17) is 17.0 Å². The summed E-state index contributed by atoms with van der Waals surface area (Å²) >= 11 is 12.9. The summed E-state index contributed by atoms with van der Waals surface area (Å²) in [5.74, 6) is 0.809.